The van der Waals surface area contributed by atoms with Gasteiger partial charge in [0.1, 0.15) is 0 Å². The van der Waals surface area contributed by atoms with Crippen LogP contribution in [0.3, 0.4) is 0 Å². The molecule has 0 fully saturated rings. The fraction of sp³-hybridized carbons (Fsp3) is 0.250. The van der Waals surface area contributed by atoms with Crippen LogP contribution in [0.25, 0.3) is 0 Å². The summed E-state index contributed by atoms with van der Waals surface area (Å²) in [7, 11) is 2.15. The maximum absolute atomic E-state index is 6.46. The summed E-state index contributed by atoms with van der Waals surface area (Å²) in [5, 5.41) is 0. The Morgan fingerprint density at radius 2 is 1.32 bits per heavy atom. The zero-order chi connectivity index (χ0) is 19.9. The molecule has 0 amide bonds. The van der Waals surface area contributed by atoms with Gasteiger partial charge in [-0.15, -0.1) is 0 Å². The molecule has 3 aromatic carbocycles. The Balaban J connectivity index is 1.78. The van der Waals surface area contributed by atoms with Crippen LogP contribution in [0, 0.1) is 0 Å². The van der Waals surface area contributed by atoms with E-state index in [9.17, 15) is 0 Å². The summed E-state index contributed by atoms with van der Waals surface area (Å²) in [6, 6.07) is 27.3. The van der Waals surface area contributed by atoms with Gasteiger partial charge in [0, 0.05) is 21.5 Å². The molecule has 0 aliphatic heterocycles. The molecule has 0 aliphatic carbocycles. The van der Waals surface area contributed by atoms with Crippen LogP contribution in [0.1, 0.15) is 29.7 Å². The third kappa shape index (κ3) is 5.54. The monoisotopic (exact) mass is 501 g/mol. The van der Waals surface area contributed by atoms with Crippen LogP contribution in [-0.2, 0) is 17.9 Å². The molecule has 0 aliphatic rings. The zero-order valence-electron chi connectivity index (χ0n) is 16.2. The van der Waals surface area contributed by atoms with Crippen molar-refractivity contribution in [3.8, 4) is 0 Å². The van der Waals surface area contributed by atoms with Gasteiger partial charge in [0.05, 0.1) is 12.7 Å². The van der Waals surface area contributed by atoms with E-state index in [0.717, 1.165) is 21.1 Å². The minimum absolute atomic E-state index is 0.0270. The third-order valence-corrected chi connectivity index (χ3v) is 6.56. The molecule has 3 rings (SSSR count). The fourth-order valence-corrected chi connectivity index (χ4v) is 4.03. The SMILES string of the molecule is C[C@@H]([C@@H](OCc1ccccc1Br)c1ccccc1)N(C)Cc1ccccc1Br. The molecule has 146 valence electrons. The summed E-state index contributed by atoms with van der Waals surface area (Å²) in [6.45, 7) is 3.65. The van der Waals surface area contributed by atoms with E-state index < -0.39 is 0 Å². The largest absolute Gasteiger partial charge is 0.367 e. The Morgan fingerprint density at radius 1 is 0.786 bits per heavy atom. The third-order valence-electron chi connectivity index (χ3n) is 5.02. The number of nitrogens with zero attached hydrogens (tertiary/aromatic N) is 1. The summed E-state index contributed by atoms with van der Waals surface area (Å²) < 4.78 is 8.68. The molecule has 3 aromatic rings. The molecule has 0 heterocycles. The van der Waals surface area contributed by atoms with Gasteiger partial charge in [-0.3, -0.25) is 4.90 Å². The first-order valence-electron chi connectivity index (χ1n) is 9.40. The van der Waals surface area contributed by atoms with E-state index in [0.29, 0.717) is 6.61 Å². The highest BCUT2D eigenvalue weighted by Gasteiger charge is 2.24. The zero-order valence-corrected chi connectivity index (χ0v) is 19.4. The Kier molecular flexibility index (Phi) is 7.86. The average Bonchev–Trinajstić information content (AvgIpc) is 2.71. The number of rotatable bonds is 8. The van der Waals surface area contributed by atoms with E-state index in [1.54, 1.807) is 0 Å². The summed E-state index contributed by atoms with van der Waals surface area (Å²) in [5.41, 5.74) is 3.62. The van der Waals surface area contributed by atoms with Gasteiger partial charge in [0.25, 0.3) is 0 Å². The van der Waals surface area contributed by atoms with E-state index in [2.05, 4.69) is 105 Å². The Bertz CT molecular complexity index is 885. The van der Waals surface area contributed by atoms with Gasteiger partial charge in [-0.1, -0.05) is 98.6 Å². The average molecular weight is 503 g/mol. The summed E-state index contributed by atoms with van der Waals surface area (Å²) >= 11 is 7.29. The van der Waals surface area contributed by atoms with Crippen molar-refractivity contribution >= 4 is 31.9 Å². The molecule has 0 saturated carbocycles. The minimum atomic E-state index is -0.0270. The predicted molar refractivity (Wildman–Crippen MR) is 123 cm³/mol. The molecule has 0 bridgehead atoms. The predicted octanol–water partition coefficient (Wildman–Crippen LogP) is 6.99. The first-order chi connectivity index (χ1) is 13.6. The van der Waals surface area contributed by atoms with Crippen molar-refractivity contribution in [1.29, 1.82) is 0 Å². The second-order valence-corrected chi connectivity index (χ2v) is 8.69. The van der Waals surface area contributed by atoms with Crippen molar-refractivity contribution < 1.29 is 4.74 Å². The van der Waals surface area contributed by atoms with Crippen LogP contribution in [0.4, 0.5) is 0 Å². The Morgan fingerprint density at radius 3 is 1.93 bits per heavy atom. The van der Waals surface area contributed by atoms with Gasteiger partial charge < -0.3 is 4.74 Å². The normalized spacial score (nSPS) is 13.5. The van der Waals surface area contributed by atoms with Crippen LogP contribution in [0.2, 0.25) is 0 Å². The van der Waals surface area contributed by atoms with Crippen LogP contribution in [0.15, 0.2) is 87.8 Å². The Hall–Kier alpha value is -1.46. The van der Waals surface area contributed by atoms with Crippen LogP contribution < -0.4 is 0 Å². The number of halogens is 2. The maximum Gasteiger partial charge on any atom is 0.0981 e. The van der Waals surface area contributed by atoms with Crippen molar-refractivity contribution in [2.45, 2.75) is 32.2 Å². The molecule has 2 nitrogen and oxygen atoms in total. The van der Waals surface area contributed by atoms with Crippen molar-refractivity contribution in [1.82, 2.24) is 4.90 Å². The molecule has 2 atom stereocenters. The van der Waals surface area contributed by atoms with Crippen molar-refractivity contribution in [3.63, 3.8) is 0 Å². The molecule has 0 unspecified atom stereocenters. The first kappa shape index (κ1) is 21.3. The Labute approximate surface area is 184 Å². The van der Waals surface area contributed by atoms with Gasteiger partial charge in [0.2, 0.25) is 0 Å². The minimum Gasteiger partial charge on any atom is -0.367 e. The van der Waals surface area contributed by atoms with Crippen LogP contribution in [0.5, 0.6) is 0 Å². The lowest BCUT2D eigenvalue weighted by Gasteiger charge is -2.32. The fourth-order valence-electron chi connectivity index (χ4n) is 3.22. The van der Waals surface area contributed by atoms with E-state index >= 15 is 0 Å². The smallest absolute Gasteiger partial charge is 0.0981 e. The standard InChI is InChI=1S/C24H25Br2NO/c1-18(27(2)16-20-12-6-8-14-22(20)25)24(19-10-4-3-5-11-19)28-17-21-13-7-9-15-23(21)26/h3-15,18,24H,16-17H2,1-2H3/t18-,24+/m0/s1. The highest BCUT2D eigenvalue weighted by molar-refractivity contribution is 9.10. The molecular weight excluding hydrogens is 478 g/mol. The lowest BCUT2D eigenvalue weighted by molar-refractivity contribution is -0.0159. The van der Waals surface area contributed by atoms with Crippen molar-refractivity contribution in [3.05, 3.63) is 104 Å². The molecule has 4 heteroatoms. The number of benzene rings is 3. The van der Waals surface area contributed by atoms with Crippen molar-refractivity contribution in [2.75, 3.05) is 7.05 Å². The lowest BCUT2D eigenvalue weighted by atomic mass is 10.0. The van der Waals surface area contributed by atoms with Gasteiger partial charge >= 0.3 is 0 Å². The maximum atomic E-state index is 6.46. The quantitative estimate of drug-likeness (QED) is 0.329. The molecule has 0 N–H and O–H groups in total. The van der Waals surface area contributed by atoms with Crippen LogP contribution in [-0.4, -0.2) is 18.0 Å². The first-order valence-corrected chi connectivity index (χ1v) is 11.0. The van der Waals surface area contributed by atoms with E-state index in [1.165, 1.54) is 11.1 Å². The van der Waals surface area contributed by atoms with Gasteiger partial charge in [-0.05, 0) is 42.8 Å². The van der Waals surface area contributed by atoms with Crippen LogP contribution >= 0.6 is 31.9 Å². The highest BCUT2D eigenvalue weighted by atomic mass is 79.9. The van der Waals surface area contributed by atoms with Gasteiger partial charge in [0.15, 0.2) is 0 Å². The number of hydrogen-bond donors (Lipinski definition) is 0. The summed E-state index contributed by atoms with van der Waals surface area (Å²) in [6.07, 6.45) is -0.0270. The van der Waals surface area contributed by atoms with Crippen molar-refractivity contribution in [2.24, 2.45) is 0 Å². The van der Waals surface area contributed by atoms with Gasteiger partial charge in [-0.2, -0.15) is 0 Å². The molecular formula is C24H25Br2NO. The van der Waals surface area contributed by atoms with E-state index in [4.69, 9.17) is 4.74 Å². The van der Waals surface area contributed by atoms with Gasteiger partial charge in [-0.25, -0.2) is 0 Å². The second-order valence-electron chi connectivity index (χ2n) is 6.98. The number of ether oxygens (including phenoxy) is 1. The number of hydrogen-bond acceptors (Lipinski definition) is 2. The highest BCUT2D eigenvalue weighted by Crippen LogP contribution is 2.29. The van der Waals surface area contributed by atoms with E-state index in [-0.39, 0.29) is 12.1 Å². The molecule has 28 heavy (non-hydrogen) atoms. The topological polar surface area (TPSA) is 12.5 Å². The molecule has 0 spiro atoms. The molecule has 0 saturated heterocycles. The summed E-state index contributed by atoms with van der Waals surface area (Å²) in [5.74, 6) is 0. The lowest BCUT2D eigenvalue weighted by Crippen LogP contribution is -2.35. The number of likely N-dealkylation sites (N-methyl/N-ethyl adjacent to an activating group) is 1. The second kappa shape index (κ2) is 10.4. The van der Waals surface area contributed by atoms with E-state index in [1.807, 2.05) is 24.3 Å². The summed E-state index contributed by atoms with van der Waals surface area (Å²) in [4.78, 5) is 2.35. The molecule has 0 aromatic heterocycles. The molecule has 0 radical (unpaired) electrons.